The normalized spacial score (nSPS) is 15.1. The Labute approximate surface area is 108 Å². The van der Waals surface area contributed by atoms with Crippen LogP contribution in [0, 0.1) is 6.92 Å². The maximum absolute atomic E-state index is 5.76. The number of rotatable bonds is 5. The van der Waals surface area contributed by atoms with Crippen LogP contribution in [0.5, 0.6) is 0 Å². The van der Waals surface area contributed by atoms with Gasteiger partial charge in [-0.15, -0.1) is 0 Å². The molecule has 1 aromatic rings. The van der Waals surface area contributed by atoms with Gasteiger partial charge in [0.2, 0.25) is 0 Å². The van der Waals surface area contributed by atoms with Gasteiger partial charge in [0.05, 0.1) is 6.42 Å². The lowest BCUT2D eigenvalue weighted by molar-refractivity contribution is 0.713. The third-order valence-corrected chi connectivity index (χ3v) is 3.10. The maximum Gasteiger partial charge on any atom is 0.298 e. The van der Waals surface area contributed by atoms with E-state index in [9.17, 15) is 0 Å². The zero-order valence-electron chi connectivity index (χ0n) is 10.9. The lowest BCUT2D eigenvalue weighted by Crippen LogP contribution is -2.28. The van der Waals surface area contributed by atoms with Gasteiger partial charge in [0, 0.05) is 17.4 Å². The maximum atomic E-state index is 5.76. The smallest absolute Gasteiger partial charge is 0.298 e. The van der Waals surface area contributed by atoms with Crippen LogP contribution in [0.4, 0.5) is 11.4 Å². The van der Waals surface area contributed by atoms with Gasteiger partial charge in [0.25, 0.3) is 5.84 Å². The minimum Gasteiger partial charge on any atom is -0.399 e. The minimum atomic E-state index is 0.374. The summed E-state index contributed by atoms with van der Waals surface area (Å²) in [6, 6.07) is 6.32. The van der Waals surface area contributed by atoms with E-state index in [2.05, 4.69) is 29.5 Å². The average Bonchev–Trinajstić information content (AvgIpc) is 2.84. The van der Waals surface area contributed by atoms with Gasteiger partial charge in [-0.1, -0.05) is 11.9 Å². The molecule has 0 amide bonds. The zero-order valence-corrected chi connectivity index (χ0v) is 10.9. The molecule has 95 valence electrons. The van der Waals surface area contributed by atoms with Crippen LogP contribution in [-0.4, -0.2) is 11.9 Å². The molecule has 2 rings (SSSR count). The van der Waals surface area contributed by atoms with E-state index in [0.717, 1.165) is 30.1 Å². The summed E-state index contributed by atoms with van der Waals surface area (Å²) in [4.78, 5) is 4.27. The van der Waals surface area contributed by atoms with Crippen molar-refractivity contribution >= 4 is 17.2 Å². The first-order chi connectivity index (χ1) is 8.69. The number of benzene rings is 1. The van der Waals surface area contributed by atoms with Gasteiger partial charge in [-0.25, -0.2) is 5.32 Å². The molecular formula is C14H20N4+. The summed E-state index contributed by atoms with van der Waals surface area (Å²) in [5, 5.41) is 6.69. The largest absolute Gasteiger partial charge is 0.399 e. The number of aliphatic imine (C=N–C) groups is 1. The highest BCUT2D eigenvalue weighted by molar-refractivity contribution is 5.84. The van der Waals surface area contributed by atoms with Crippen molar-refractivity contribution in [1.82, 2.24) is 10.3 Å². The van der Waals surface area contributed by atoms with Crippen molar-refractivity contribution in [3.8, 4) is 0 Å². The van der Waals surface area contributed by atoms with E-state index in [1.165, 1.54) is 5.56 Å². The summed E-state index contributed by atoms with van der Waals surface area (Å²) < 4.78 is 0. The third-order valence-electron chi connectivity index (χ3n) is 3.10. The number of nitrogens with one attached hydrogen (secondary N) is 2. The van der Waals surface area contributed by atoms with Crippen molar-refractivity contribution in [1.29, 1.82) is 0 Å². The Hall–Kier alpha value is -1.97. The molecule has 0 aromatic heterocycles. The first kappa shape index (κ1) is 12.5. The van der Waals surface area contributed by atoms with E-state index in [-0.39, 0.29) is 0 Å². The summed E-state index contributed by atoms with van der Waals surface area (Å²) in [5.74, 6) is 1.02. The van der Waals surface area contributed by atoms with E-state index in [0.29, 0.717) is 6.04 Å². The van der Waals surface area contributed by atoms with Crippen molar-refractivity contribution in [2.45, 2.75) is 32.7 Å². The third kappa shape index (κ3) is 3.03. The fraction of sp³-hybridized carbons (Fsp3) is 0.357. The number of nitrogens with zero attached hydrogens (tertiary/aromatic N) is 1. The highest BCUT2D eigenvalue weighted by Crippen LogP contribution is 2.20. The predicted octanol–water partition coefficient (Wildman–Crippen LogP) is 1.97. The van der Waals surface area contributed by atoms with Gasteiger partial charge >= 0.3 is 0 Å². The Bertz CT molecular complexity index is 477. The van der Waals surface area contributed by atoms with Gasteiger partial charge in [-0.05, 0) is 37.1 Å². The molecule has 1 aliphatic heterocycles. The number of amidine groups is 1. The minimum absolute atomic E-state index is 0.374. The van der Waals surface area contributed by atoms with Gasteiger partial charge in [0.15, 0.2) is 6.20 Å². The van der Waals surface area contributed by atoms with Crippen molar-refractivity contribution in [3.05, 3.63) is 36.2 Å². The molecule has 0 aliphatic carbocycles. The van der Waals surface area contributed by atoms with Crippen LogP contribution < -0.4 is 21.4 Å². The lowest BCUT2D eigenvalue weighted by Gasteiger charge is -2.18. The topological polar surface area (TPSA) is 64.2 Å². The Morgan fingerprint density at radius 2 is 2.28 bits per heavy atom. The second-order valence-corrected chi connectivity index (χ2v) is 4.56. The van der Waals surface area contributed by atoms with Crippen LogP contribution >= 0.6 is 0 Å². The molecule has 1 aromatic carbocycles. The molecule has 0 bridgehead atoms. The van der Waals surface area contributed by atoms with E-state index in [4.69, 9.17) is 5.73 Å². The summed E-state index contributed by atoms with van der Waals surface area (Å²) in [6.07, 6.45) is 5.59. The van der Waals surface area contributed by atoms with Crippen molar-refractivity contribution in [2.75, 3.05) is 11.1 Å². The first-order valence-corrected chi connectivity index (χ1v) is 6.30. The molecule has 0 saturated carbocycles. The molecule has 0 fully saturated rings. The standard InChI is InChI=1S/C14H20N4/c1-3-12(9-14-16-6-7-17-14)18-13-5-4-11(15)8-10(13)2/h4-8,12,16,18H,3,9,15H2,1-2H3/q+1. The van der Waals surface area contributed by atoms with Gasteiger partial charge in [-0.3, -0.25) is 0 Å². The van der Waals surface area contributed by atoms with E-state index < -0.39 is 0 Å². The summed E-state index contributed by atoms with van der Waals surface area (Å²) in [7, 11) is 0. The molecule has 18 heavy (non-hydrogen) atoms. The second-order valence-electron chi connectivity index (χ2n) is 4.56. The lowest BCUT2D eigenvalue weighted by atomic mass is 10.1. The summed E-state index contributed by atoms with van der Waals surface area (Å²) in [6.45, 7) is 4.24. The molecule has 0 spiro atoms. The van der Waals surface area contributed by atoms with Crippen molar-refractivity contribution in [2.24, 2.45) is 0 Å². The molecule has 1 heterocycles. The number of aryl methyl sites for hydroxylation is 1. The summed E-state index contributed by atoms with van der Waals surface area (Å²) >= 11 is 0. The molecular weight excluding hydrogens is 224 g/mol. The molecule has 4 N–H and O–H groups in total. The Morgan fingerprint density at radius 3 is 2.89 bits per heavy atom. The van der Waals surface area contributed by atoms with Crippen molar-refractivity contribution < 1.29 is 0 Å². The molecule has 0 saturated heterocycles. The quantitative estimate of drug-likeness (QED) is 0.694. The van der Waals surface area contributed by atoms with Gasteiger partial charge in [-0.2, -0.15) is 0 Å². The van der Waals surface area contributed by atoms with E-state index in [1.54, 1.807) is 6.20 Å². The van der Waals surface area contributed by atoms with E-state index in [1.807, 2.05) is 24.4 Å². The fourth-order valence-corrected chi connectivity index (χ4v) is 2.01. The number of hydrogen-bond acceptors (Lipinski definition) is 4. The second kappa shape index (κ2) is 5.58. The molecule has 1 radical (unpaired) electrons. The zero-order chi connectivity index (χ0) is 13.0. The van der Waals surface area contributed by atoms with Crippen LogP contribution in [0.3, 0.4) is 0 Å². The summed E-state index contributed by atoms with van der Waals surface area (Å²) in [5.41, 5.74) is 8.88. The Kier molecular flexibility index (Phi) is 3.87. The van der Waals surface area contributed by atoms with Crippen LogP contribution in [-0.2, 0) is 0 Å². The van der Waals surface area contributed by atoms with Crippen LogP contribution in [0.2, 0.25) is 0 Å². The average molecular weight is 244 g/mol. The van der Waals surface area contributed by atoms with E-state index >= 15 is 0 Å². The Balaban J connectivity index is 2.01. The highest BCUT2D eigenvalue weighted by atomic mass is 15.0. The van der Waals surface area contributed by atoms with Gasteiger partial charge in [0.1, 0.15) is 6.20 Å². The molecule has 4 nitrogen and oxygen atoms in total. The van der Waals surface area contributed by atoms with Crippen molar-refractivity contribution in [3.63, 3.8) is 0 Å². The molecule has 1 aliphatic rings. The molecule has 1 atom stereocenters. The number of hydrogen-bond donors (Lipinski definition) is 3. The molecule has 1 unspecified atom stereocenters. The first-order valence-electron chi connectivity index (χ1n) is 6.30. The number of nitrogen functional groups attached to an aromatic ring is 1. The number of anilines is 2. The number of nitrogens with two attached hydrogens (primary N) is 1. The van der Waals surface area contributed by atoms with Crippen LogP contribution in [0.1, 0.15) is 25.3 Å². The SMILES string of the molecule is CCC(CC1=[N+]C=CN1)Nc1ccc(N)cc1C. The predicted molar refractivity (Wildman–Crippen MR) is 77.3 cm³/mol. The molecule has 4 heteroatoms. The fourth-order valence-electron chi connectivity index (χ4n) is 2.01. The monoisotopic (exact) mass is 244 g/mol. The Morgan fingerprint density at radius 1 is 1.44 bits per heavy atom. The van der Waals surface area contributed by atoms with Gasteiger partial charge < -0.3 is 11.1 Å². The van der Waals surface area contributed by atoms with Crippen LogP contribution in [0.25, 0.3) is 0 Å². The highest BCUT2D eigenvalue weighted by Gasteiger charge is 2.18. The van der Waals surface area contributed by atoms with Crippen LogP contribution in [0.15, 0.2) is 30.6 Å².